The van der Waals surface area contributed by atoms with Crippen molar-refractivity contribution in [2.24, 2.45) is 0 Å². The van der Waals surface area contributed by atoms with E-state index in [1.54, 1.807) is 36.6 Å². The molecule has 2 N–H and O–H groups in total. The van der Waals surface area contributed by atoms with E-state index >= 15 is 0 Å². The first-order valence-electron chi connectivity index (χ1n) is 10.5. The molecule has 172 valence electrons. The van der Waals surface area contributed by atoms with Gasteiger partial charge in [0.25, 0.3) is 5.91 Å². The average molecular weight is 490 g/mol. The molecule has 0 atom stereocenters. The van der Waals surface area contributed by atoms with E-state index in [0.717, 1.165) is 21.2 Å². The van der Waals surface area contributed by atoms with E-state index in [4.69, 9.17) is 4.74 Å². The van der Waals surface area contributed by atoms with Gasteiger partial charge in [-0.3, -0.25) is 9.59 Å². The number of ether oxygens (including phenoxy) is 1. The lowest BCUT2D eigenvalue weighted by molar-refractivity contribution is -0.113. The van der Waals surface area contributed by atoms with Gasteiger partial charge in [-0.1, -0.05) is 30.3 Å². The van der Waals surface area contributed by atoms with Crippen LogP contribution < -0.4 is 15.4 Å². The summed E-state index contributed by atoms with van der Waals surface area (Å²) in [6.45, 7) is 1.96. The van der Waals surface area contributed by atoms with Crippen molar-refractivity contribution in [3.63, 3.8) is 0 Å². The lowest BCUT2D eigenvalue weighted by Gasteiger charge is -2.11. The number of amides is 2. The fourth-order valence-electron chi connectivity index (χ4n) is 3.27. The number of nitrogens with one attached hydrogen (secondary N) is 2. The molecule has 0 aliphatic carbocycles. The molecule has 34 heavy (non-hydrogen) atoms. The van der Waals surface area contributed by atoms with Gasteiger partial charge in [0.2, 0.25) is 5.91 Å². The fraction of sp³-hybridized carbons (Fsp3) is 0.115. The van der Waals surface area contributed by atoms with E-state index < -0.39 is 0 Å². The fourth-order valence-corrected chi connectivity index (χ4v) is 4.74. The Bertz CT molecular complexity index is 1320. The van der Waals surface area contributed by atoms with Crippen molar-refractivity contribution < 1.29 is 14.3 Å². The number of aromatic nitrogens is 1. The van der Waals surface area contributed by atoms with Crippen LogP contribution in [0.15, 0.2) is 83.1 Å². The first kappa shape index (κ1) is 23.5. The zero-order valence-electron chi connectivity index (χ0n) is 18.7. The van der Waals surface area contributed by atoms with Crippen molar-refractivity contribution in [3.05, 3.63) is 88.7 Å². The van der Waals surface area contributed by atoms with Crippen molar-refractivity contribution in [1.82, 2.24) is 4.98 Å². The lowest BCUT2D eigenvalue weighted by atomic mass is 10.1. The van der Waals surface area contributed by atoms with Crippen molar-refractivity contribution in [2.45, 2.75) is 11.8 Å². The summed E-state index contributed by atoms with van der Waals surface area (Å²) in [7, 11) is 1.58. The van der Waals surface area contributed by atoms with Gasteiger partial charge in [0, 0.05) is 33.3 Å². The van der Waals surface area contributed by atoms with Crippen molar-refractivity contribution in [2.75, 3.05) is 23.5 Å². The highest BCUT2D eigenvalue weighted by atomic mass is 32.2. The molecule has 0 aliphatic heterocycles. The molecule has 0 bridgehead atoms. The number of methoxy groups -OCH3 is 1. The molecule has 8 heteroatoms. The molecule has 1 heterocycles. The molecule has 4 rings (SSSR count). The highest BCUT2D eigenvalue weighted by molar-refractivity contribution is 8.00. The molecule has 3 aromatic carbocycles. The molecule has 0 saturated carbocycles. The van der Waals surface area contributed by atoms with Crippen LogP contribution in [-0.4, -0.2) is 29.7 Å². The maximum absolute atomic E-state index is 13.0. The average Bonchev–Trinajstić information content (AvgIpc) is 3.29. The van der Waals surface area contributed by atoms with E-state index in [-0.39, 0.29) is 17.6 Å². The molecule has 0 radical (unpaired) electrons. The topological polar surface area (TPSA) is 80.3 Å². The molecule has 1 aromatic heterocycles. The van der Waals surface area contributed by atoms with Gasteiger partial charge >= 0.3 is 0 Å². The number of rotatable bonds is 8. The summed E-state index contributed by atoms with van der Waals surface area (Å²) in [4.78, 5) is 30.7. The van der Waals surface area contributed by atoms with Crippen LogP contribution in [0.2, 0.25) is 0 Å². The SMILES string of the molecule is COc1cccc(NC(=O)CSc2ccccc2C(=O)Nc2cccc(-c3csc(C)n3)c2)c1. The van der Waals surface area contributed by atoms with Crippen molar-refractivity contribution in [3.8, 4) is 17.0 Å². The van der Waals surface area contributed by atoms with Crippen LogP contribution >= 0.6 is 23.1 Å². The van der Waals surface area contributed by atoms with Crippen LogP contribution in [0.5, 0.6) is 5.75 Å². The Labute approximate surface area is 206 Å². The smallest absolute Gasteiger partial charge is 0.256 e. The molecule has 0 unspecified atom stereocenters. The van der Waals surface area contributed by atoms with Gasteiger partial charge in [-0.05, 0) is 43.3 Å². The summed E-state index contributed by atoms with van der Waals surface area (Å²) in [6, 6.07) is 22.0. The number of anilines is 2. The molecular formula is C26H23N3O3S2. The summed E-state index contributed by atoms with van der Waals surface area (Å²) >= 11 is 2.90. The second-order valence-corrected chi connectivity index (χ2v) is 9.43. The highest BCUT2D eigenvalue weighted by Gasteiger charge is 2.14. The Morgan fingerprint density at radius 3 is 2.50 bits per heavy atom. The maximum atomic E-state index is 13.0. The molecule has 0 fully saturated rings. The number of benzene rings is 3. The van der Waals surface area contributed by atoms with Crippen LogP contribution in [0.25, 0.3) is 11.3 Å². The minimum absolute atomic E-state index is 0.167. The van der Waals surface area contributed by atoms with Crippen LogP contribution in [-0.2, 0) is 4.79 Å². The number of carbonyl (C=O) groups excluding carboxylic acids is 2. The molecule has 0 aliphatic rings. The Morgan fingerprint density at radius 2 is 1.74 bits per heavy atom. The number of hydrogen-bond acceptors (Lipinski definition) is 6. The number of hydrogen-bond donors (Lipinski definition) is 2. The Hall–Kier alpha value is -3.62. The predicted octanol–water partition coefficient (Wildman–Crippen LogP) is 6.11. The number of nitrogens with zero attached hydrogens (tertiary/aromatic N) is 1. The van der Waals surface area contributed by atoms with Crippen LogP contribution in [0.1, 0.15) is 15.4 Å². The molecular weight excluding hydrogens is 466 g/mol. The van der Waals surface area contributed by atoms with Crippen LogP contribution in [0, 0.1) is 6.92 Å². The van der Waals surface area contributed by atoms with E-state index in [2.05, 4.69) is 15.6 Å². The van der Waals surface area contributed by atoms with Gasteiger partial charge in [-0.25, -0.2) is 4.98 Å². The number of carbonyl (C=O) groups is 2. The van der Waals surface area contributed by atoms with Gasteiger partial charge in [0.15, 0.2) is 0 Å². The first-order chi connectivity index (χ1) is 16.5. The largest absolute Gasteiger partial charge is 0.497 e. The van der Waals surface area contributed by atoms with E-state index in [1.165, 1.54) is 11.8 Å². The summed E-state index contributed by atoms with van der Waals surface area (Å²) < 4.78 is 5.19. The Morgan fingerprint density at radius 1 is 0.971 bits per heavy atom. The second kappa shape index (κ2) is 11.0. The van der Waals surface area contributed by atoms with E-state index in [0.29, 0.717) is 22.7 Å². The normalized spacial score (nSPS) is 10.5. The molecule has 4 aromatic rings. The minimum Gasteiger partial charge on any atom is -0.497 e. The molecule has 6 nitrogen and oxygen atoms in total. The van der Waals surface area contributed by atoms with Gasteiger partial charge in [0.05, 0.1) is 29.1 Å². The van der Waals surface area contributed by atoms with Crippen molar-refractivity contribution >= 4 is 46.3 Å². The maximum Gasteiger partial charge on any atom is 0.256 e. The zero-order chi connectivity index (χ0) is 23.9. The Balaban J connectivity index is 1.41. The summed E-state index contributed by atoms with van der Waals surface area (Å²) in [5.74, 6) is 0.435. The third-order valence-electron chi connectivity index (χ3n) is 4.88. The number of thiazole rings is 1. The van der Waals surface area contributed by atoms with Crippen LogP contribution in [0.4, 0.5) is 11.4 Å². The molecule has 0 saturated heterocycles. The van der Waals surface area contributed by atoms with E-state index in [9.17, 15) is 9.59 Å². The van der Waals surface area contributed by atoms with Crippen LogP contribution in [0.3, 0.4) is 0 Å². The van der Waals surface area contributed by atoms with E-state index in [1.807, 2.05) is 66.9 Å². The lowest BCUT2D eigenvalue weighted by Crippen LogP contribution is -2.16. The van der Waals surface area contributed by atoms with Crippen molar-refractivity contribution in [1.29, 1.82) is 0 Å². The Kier molecular flexibility index (Phi) is 7.61. The van der Waals surface area contributed by atoms with Gasteiger partial charge in [-0.15, -0.1) is 23.1 Å². The summed E-state index contributed by atoms with van der Waals surface area (Å²) in [6.07, 6.45) is 0. The predicted molar refractivity (Wildman–Crippen MR) is 139 cm³/mol. The van der Waals surface area contributed by atoms with Gasteiger partial charge in [0.1, 0.15) is 5.75 Å². The third kappa shape index (κ3) is 6.03. The standard InChI is InChI=1S/C26H23N3O3S2/c1-17-27-23(15-33-17)18-7-5-8-19(13-18)29-26(31)22-11-3-4-12-24(22)34-16-25(30)28-20-9-6-10-21(14-20)32-2/h3-15H,16H2,1-2H3,(H,28,30)(H,29,31). The molecule has 2 amide bonds. The minimum atomic E-state index is -0.233. The molecule has 0 spiro atoms. The van der Waals surface area contributed by atoms with Gasteiger partial charge in [-0.2, -0.15) is 0 Å². The quantitative estimate of drug-likeness (QED) is 0.292. The summed E-state index contributed by atoms with van der Waals surface area (Å²) in [5, 5.41) is 8.81. The monoisotopic (exact) mass is 489 g/mol. The second-order valence-electron chi connectivity index (χ2n) is 7.35. The zero-order valence-corrected chi connectivity index (χ0v) is 20.3. The number of aryl methyl sites for hydroxylation is 1. The number of thioether (sulfide) groups is 1. The third-order valence-corrected chi connectivity index (χ3v) is 6.73. The van der Waals surface area contributed by atoms with Gasteiger partial charge < -0.3 is 15.4 Å². The first-order valence-corrected chi connectivity index (χ1v) is 12.4. The summed E-state index contributed by atoms with van der Waals surface area (Å²) in [5.41, 5.74) is 3.68. The highest BCUT2D eigenvalue weighted by Crippen LogP contribution is 2.27.